The van der Waals surface area contributed by atoms with Gasteiger partial charge in [-0.2, -0.15) is 0 Å². The van der Waals surface area contributed by atoms with Gasteiger partial charge in [0.1, 0.15) is 11.6 Å². The Morgan fingerprint density at radius 1 is 1.29 bits per heavy atom. The third-order valence-corrected chi connectivity index (χ3v) is 3.20. The summed E-state index contributed by atoms with van der Waals surface area (Å²) < 4.78 is 26.3. The van der Waals surface area contributed by atoms with Crippen molar-refractivity contribution in [1.29, 1.82) is 0 Å². The van der Waals surface area contributed by atoms with E-state index in [0.717, 1.165) is 12.1 Å². The van der Waals surface area contributed by atoms with Gasteiger partial charge in [0.25, 0.3) is 0 Å². The van der Waals surface area contributed by atoms with E-state index in [1.54, 1.807) is 0 Å². The second-order valence-electron chi connectivity index (χ2n) is 4.49. The molecule has 0 spiro atoms. The average molecular weight is 197 g/mol. The van der Waals surface area contributed by atoms with E-state index in [2.05, 4.69) is 0 Å². The summed E-state index contributed by atoms with van der Waals surface area (Å²) in [6, 6.07) is 3.46. The van der Waals surface area contributed by atoms with E-state index in [9.17, 15) is 8.78 Å². The fourth-order valence-electron chi connectivity index (χ4n) is 2.02. The second kappa shape index (κ2) is 2.76. The summed E-state index contributed by atoms with van der Waals surface area (Å²) in [6.07, 6.45) is 0. The fraction of sp³-hybridized carbons (Fsp3) is 0.455. The zero-order valence-electron chi connectivity index (χ0n) is 8.22. The number of hydrogen-bond donors (Lipinski definition) is 1. The van der Waals surface area contributed by atoms with E-state index < -0.39 is 5.82 Å². The van der Waals surface area contributed by atoms with E-state index in [1.165, 1.54) is 6.07 Å². The van der Waals surface area contributed by atoms with Crippen molar-refractivity contribution in [3.63, 3.8) is 0 Å². The van der Waals surface area contributed by atoms with Gasteiger partial charge < -0.3 is 5.73 Å². The first kappa shape index (κ1) is 9.59. The topological polar surface area (TPSA) is 26.0 Å². The van der Waals surface area contributed by atoms with Gasteiger partial charge in [-0.25, -0.2) is 8.78 Å². The minimum atomic E-state index is -0.406. The summed E-state index contributed by atoms with van der Waals surface area (Å²) in [7, 11) is 0. The lowest BCUT2D eigenvalue weighted by atomic mass is 10.0. The van der Waals surface area contributed by atoms with Gasteiger partial charge in [-0.1, -0.05) is 13.8 Å². The Morgan fingerprint density at radius 2 is 1.86 bits per heavy atom. The molecule has 0 aliphatic heterocycles. The molecule has 1 saturated carbocycles. The van der Waals surface area contributed by atoms with E-state index in [-0.39, 0.29) is 23.2 Å². The Labute approximate surface area is 81.9 Å². The van der Waals surface area contributed by atoms with Gasteiger partial charge in [0.05, 0.1) is 0 Å². The number of benzene rings is 1. The normalized spacial score (nSPS) is 28.9. The van der Waals surface area contributed by atoms with Crippen molar-refractivity contribution in [1.82, 2.24) is 0 Å². The summed E-state index contributed by atoms with van der Waals surface area (Å²) in [5.41, 5.74) is 6.09. The molecule has 0 unspecified atom stereocenters. The molecule has 0 amide bonds. The molecule has 1 nitrogen and oxygen atoms in total. The highest BCUT2D eigenvalue weighted by Gasteiger charge is 2.57. The van der Waals surface area contributed by atoms with Crippen LogP contribution in [0.15, 0.2) is 18.2 Å². The smallest absolute Gasteiger partial charge is 0.126 e. The molecule has 1 aliphatic carbocycles. The molecule has 0 saturated heterocycles. The van der Waals surface area contributed by atoms with E-state index in [1.807, 2.05) is 13.8 Å². The molecule has 0 heterocycles. The van der Waals surface area contributed by atoms with Crippen LogP contribution in [0, 0.1) is 17.0 Å². The Hall–Kier alpha value is -0.960. The predicted molar refractivity (Wildman–Crippen MR) is 50.9 cm³/mol. The molecule has 2 N–H and O–H groups in total. The van der Waals surface area contributed by atoms with Crippen LogP contribution in [0.2, 0.25) is 0 Å². The lowest BCUT2D eigenvalue weighted by molar-refractivity contribution is 0.559. The van der Waals surface area contributed by atoms with Gasteiger partial charge in [0.2, 0.25) is 0 Å². The van der Waals surface area contributed by atoms with Crippen molar-refractivity contribution >= 4 is 0 Å². The highest BCUT2D eigenvalue weighted by atomic mass is 19.1. The molecule has 1 aliphatic rings. The van der Waals surface area contributed by atoms with E-state index in [4.69, 9.17) is 5.73 Å². The van der Waals surface area contributed by atoms with Crippen LogP contribution in [0.4, 0.5) is 8.78 Å². The molecular formula is C11H13F2N. The third kappa shape index (κ3) is 1.23. The summed E-state index contributed by atoms with van der Waals surface area (Å²) >= 11 is 0. The maximum absolute atomic E-state index is 13.4. The molecule has 76 valence electrons. The zero-order valence-corrected chi connectivity index (χ0v) is 8.22. The number of rotatable bonds is 1. The lowest BCUT2D eigenvalue weighted by Crippen LogP contribution is -2.06. The van der Waals surface area contributed by atoms with Gasteiger partial charge in [-0.15, -0.1) is 0 Å². The minimum Gasteiger partial charge on any atom is -0.327 e. The minimum absolute atomic E-state index is 0.0572. The maximum Gasteiger partial charge on any atom is 0.126 e. The van der Waals surface area contributed by atoms with Crippen LogP contribution in [-0.4, -0.2) is 6.04 Å². The average Bonchev–Trinajstić information content (AvgIpc) is 2.58. The Balaban J connectivity index is 2.39. The number of nitrogens with two attached hydrogens (primary N) is 1. The third-order valence-electron chi connectivity index (χ3n) is 3.20. The molecule has 1 aromatic carbocycles. The van der Waals surface area contributed by atoms with Crippen molar-refractivity contribution < 1.29 is 8.78 Å². The van der Waals surface area contributed by atoms with Crippen molar-refractivity contribution in [2.75, 3.05) is 0 Å². The molecule has 1 fully saturated rings. The van der Waals surface area contributed by atoms with Crippen molar-refractivity contribution in [3.8, 4) is 0 Å². The van der Waals surface area contributed by atoms with Crippen LogP contribution in [0.25, 0.3) is 0 Å². The Bertz CT molecular complexity index is 374. The molecular weight excluding hydrogens is 184 g/mol. The molecule has 0 radical (unpaired) electrons. The SMILES string of the molecule is CC1(C)[C@H](N)[C@H]1c1cc(F)ccc1F. The molecule has 2 atom stereocenters. The summed E-state index contributed by atoms with van der Waals surface area (Å²) in [4.78, 5) is 0. The maximum atomic E-state index is 13.4. The Morgan fingerprint density at radius 3 is 2.36 bits per heavy atom. The zero-order chi connectivity index (χ0) is 10.5. The predicted octanol–water partition coefficient (Wildman–Crippen LogP) is 2.42. The van der Waals surface area contributed by atoms with Crippen LogP contribution in [0.5, 0.6) is 0 Å². The van der Waals surface area contributed by atoms with Crippen LogP contribution in [0.3, 0.4) is 0 Å². The quantitative estimate of drug-likeness (QED) is 0.735. The fourth-order valence-corrected chi connectivity index (χ4v) is 2.02. The first-order chi connectivity index (χ1) is 6.44. The standard InChI is InChI=1S/C11H13F2N/c1-11(2)9(10(11)14)7-5-6(12)3-4-8(7)13/h3-5,9-10H,14H2,1-2H3/t9-,10-/m1/s1. The van der Waals surface area contributed by atoms with Gasteiger partial charge in [0.15, 0.2) is 0 Å². The van der Waals surface area contributed by atoms with Crippen molar-refractivity contribution in [3.05, 3.63) is 35.4 Å². The van der Waals surface area contributed by atoms with Crippen LogP contribution in [0.1, 0.15) is 25.3 Å². The first-order valence-electron chi connectivity index (χ1n) is 4.65. The van der Waals surface area contributed by atoms with Gasteiger partial charge in [0, 0.05) is 12.0 Å². The summed E-state index contributed by atoms with van der Waals surface area (Å²) in [5.74, 6) is -0.827. The van der Waals surface area contributed by atoms with Crippen LogP contribution < -0.4 is 5.73 Å². The van der Waals surface area contributed by atoms with Crippen molar-refractivity contribution in [2.24, 2.45) is 11.1 Å². The van der Waals surface area contributed by atoms with Gasteiger partial charge in [-0.05, 0) is 29.2 Å². The second-order valence-corrected chi connectivity index (χ2v) is 4.49. The lowest BCUT2D eigenvalue weighted by Gasteiger charge is -2.04. The number of halogens is 2. The molecule has 0 aromatic heterocycles. The summed E-state index contributed by atoms with van der Waals surface area (Å²) in [5, 5.41) is 0. The first-order valence-corrected chi connectivity index (χ1v) is 4.65. The molecule has 14 heavy (non-hydrogen) atoms. The molecule has 0 bridgehead atoms. The van der Waals surface area contributed by atoms with Gasteiger partial charge in [-0.3, -0.25) is 0 Å². The largest absolute Gasteiger partial charge is 0.327 e. The van der Waals surface area contributed by atoms with Crippen LogP contribution >= 0.6 is 0 Å². The highest BCUT2D eigenvalue weighted by molar-refractivity contribution is 5.35. The van der Waals surface area contributed by atoms with Crippen LogP contribution in [-0.2, 0) is 0 Å². The van der Waals surface area contributed by atoms with Gasteiger partial charge >= 0.3 is 0 Å². The van der Waals surface area contributed by atoms with E-state index >= 15 is 0 Å². The molecule has 3 heteroatoms. The van der Waals surface area contributed by atoms with E-state index in [0.29, 0.717) is 5.56 Å². The number of hydrogen-bond acceptors (Lipinski definition) is 1. The molecule has 1 aromatic rings. The highest BCUT2D eigenvalue weighted by Crippen LogP contribution is 2.57. The molecule has 2 rings (SSSR count). The van der Waals surface area contributed by atoms with Crippen molar-refractivity contribution in [2.45, 2.75) is 25.8 Å². The monoisotopic (exact) mass is 197 g/mol. The Kier molecular flexibility index (Phi) is 1.89. The summed E-state index contributed by atoms with van der Waals surface area (Å²) in [6.45, 7) is 3.93.